The van der Waals surface area contributed by atoms with E-state index >= 15 is 0 Å². The lowest BCUT2D eigenvalue weighted by Gasteiger charge is -2.34. The lowest BCUT2D eigenvalue weighted by atomic mass is 9.82. The van der Waals surface area contributed by atoms with Crippen LogP contribution >= 0.6 is 0 Å². The standard InChI is InChI=1S/C12H22N2O2/c1-12(5-7-16-8-6-12)9-13-11(15)14-10-3-2-4-10/h10H,2-9H2,1H3,(H2,13,14,15). The summed E-state index contributed by atoms with van der Waals surface area (Å²) in [5, 5.41) is 5.98. The molecule has 0 spiro atoms. The second-order valence-electron chi connectivity index (χ2n) is 5.38. The van der Waals surface area contributed by atoms with Gasteiger partial charge in [0.2, 0.25) is 0 Å². The van der Waals surface area contributed by atoms with Crippen LogP contribution in [0.1, 0.15) is 39.0 Å². The summed E-state index contributed by atoms with van der Waals surface area (Å²) in [6, 6.07) is 0.417. The molecule has 4 heteroatoms. The molecule has 2 N–H and O–H groups in total. The van der Waals surface area contributed by atoms with Crippen LogP contribution in [0.15, 0.2) is 0 Å². The van der Waals surface area contributed by atoms with Crippen molar-refractivity contribution in [3.63, 3.8) is 0 Å². The fourth-order valence-electron chi connectivity index (χ4n) is 2.12. The Kier molecular flexibility index (Phi) is 3.69. The molecule has 2 fully saturated rings. The van der Waals surface area contributed by atoms with Crippen molar-refractivity contribution in [2.45, 2.75) is 45.1 Å². The molecule has 2 amide bonds. The number of hydrogen-bond donors (Lipinski definition) is 2. The predicted octanol–water partition coefficient (Wildman–Crippen LogP) is 1.65. The summed E-state index contributed by atoms with van der Waals surface area (Å²) in [6.45, 7) is 4.62. The van der Waals surface area contributed by atoms with Gasteiger partial charge in [-0.1, -0.05) is 6.92 Å². The fraction of sp³-hybridized carbons (Fsp3) is 0.917. The van der Waals surface area contributed by atoms with Gasteiger partial charge in [0, 0.05) is 25.8 Å². The maximum atomic E-state index is 11.6. The smallest absolute Gasteiger partial charge is 0.315 e. The molecule has 1 aliphatic heterocycles. The SMILES string of the molecule is CC1(CNC(=O)NC2CCC2)CCOCC1. The van der Waals surface area contributed by atoms with Crippen LogP contribution in [0.25, 0.3) is 0 Å². The van der Waals surface area contributed by atoms with E-state index in [1.807, 2.05) is 0 Å². The molecule has 0 aromatic rings. The maximum Gasteiger partial charge on any atom is 0.315 e. The first-order chi connectivity index (χ1) is 7.68. The summed E-state index contributed by atoms with van der Waals surface area (Å²) in [5.41, 5.74) is 0.217. The Balaban J connectivity index is 1.66. The molecule has 16 heavy (non-hydrogen) atoms. The molecule has 0 aromatic heterocycles. The predicted molar refractivity (Wildman–Crippen MR) is 62.3 cm³/mol. The van der Waals surface area contributed by atoms with Crippen molar-refractivity contribution < 1.29 is 9.53 Å². The summed E-state index contributed by atoms with van der Waals surface area (Å²) < 4.78 is 5.33. The highest BCUT2D eigenvalue weighted by Crippen LogP contribution is 2.28. The van der Waals surface area contributed by atoms with Gasteiger partial charge in [0.05, 0.1) is 0 Å². The Morgan fingerprint density at radius 2 is 2.06 bits per heavy atom. The molecule has 0 aromatic carbocycles. The highest BCUT2D eigenvalue weighted by atomic mass is 16.5. The Morgan fingerprint density at radius 1 is 1.38 bits per heavy atom. The van der Waals surface area contributed by atoms with Gasteiger partial charge in [-0.3, -0.25) is 0 Å². The van der Waals surface area contributed by atoms with E-state index in [4.69, 9.17) is 4.74 Å². The first kappa shape index (κ1) is 11.7. The van der Waals surface area contributed by atoms with E-state index in [9.17, 15) is 4.79 Å². The molecular weight excluding hydrogens is 204 g/mol. The van der Waals surface area contributed by atoms with Crippen molar-refractivity contribution >= 4 is 6.03 Å². The summed E-state index contributed by atoms with van der Waals surface area (Å²) >= 11 is 0. The molecule has 2 rings (SSSR count). The van der Waals surface area contributed by atoms with Gasteiger partial charge in [-0.15, -0.1) is 0 Å². The normalized spacial score (nSPS) is 24.6. The number of amides is 2. The molecule has 1 saturated heterocycles. The number of hydrogen-bond acceptors (Lipinski definition) is 2. The van der Waals surface area contributed by atoms with E-state index in [0.717, 1.165) is 45.4 Å². The van der Waals surface area contributed by atoms with Crippen LogP contribution in [0.3, 0.4) is 0 Å². The molecule has 2 aliphatic rings. The Morgan fingerprint density at radius 3 is 2.62 bits per heavy atom. The van der Waals surface area contributed by atoms with Crippen molar-refractivity contribution in [1.82, 2.24) is 10.6 Å². The zero-order valence-electron chi connectivity index (χ0n) is 10.1. The van der Waals surface area contributed by atoms with Gasteiger partial charge < -0.3 is 15.4 Å². The van der Waals surface area contributed by atoms with E-state index in [0.29, 0.717) is 6.04 Å². The van der Waals surface area contributed by atoms with Gasteiger partial charge in [-0.2, -0.15) is 0 Å². The average molecular weight is 226 g/mol. The Bertz CT molecular complexity index is 245. The van der Waals surface area contributed by atoms with Crippen molar-refractivity contribution in [3.8, 4) is 0 Å². The Hall–Kier alpha value is -0.770. The molecule has 0 radical (unpaired) electrons. The minimum atomic E-state index is -0.00239. The summed E-state index contributed by atoms with van der Waals surface area (Å²) in [4.78, 5) is 11.6. The van der Waals surface area contributed by atoms with Gasteiger partial charge in [0.15, 0.2) is 0 Å². The molecular formula is C12H22N2O2. The van der Waals surface area contributed by atoms with E-state index in [2.05, 4.69) is 17.6 Å². The van der Waals surface area contributed by atoms with E-state index in [1.54, 1.807) is 0 Å². The largest absolute Gasteiger partial charge is 0.381 e. The second-order valence-corrected chi connectivity index (χ2v) is 5.38. The van der Waals surface area contributed by atoms with Crippen molar-refractivity contribution in [3.05, 3.63) is 0 Å². The molecule has 0 atom stereocenters. The quantitative estimate of drug-likeness (QED) is 0.769. The zero-order chi connectivity index (χ0) is 11.4. The van der Waals surface area contributed by atoms with E-state index in [1.165, 1.54) is 6.42 Å². The van der Waals surface area contributed by atoms with E-state index in [-0.39, 0.29) is 11.4 Å². The lowest BCUT2D eigenvalue weighted by Crippen LogP contribution is -2.48. The minimum absolute atomic E-state index is 0.00239. The third kappa shape index (κ3) is 3.11. The van der Waals surface area contributed by atoms with Crippen molar-refractivity contribution in [2.75, 3.05) is 19.8 Å². The van der Waals surface area contributed by atoms with Crippen molar-refractivity contribution in [2.24, 2.45) is 5.41 Å². The van der Waals surface area contributed by atoms with Crippen LogP contribution in [-0.4, -0.2) is 31.8 Å². The van der Waals surface area contributed by atoms with Crippen LogP contribution in [0.2, 0.25) is 0 Å². The second kappa shape index (κ2) is 5.04. The number of urea groups is 1. The van der Waals surface area contributed by atoms with Crippen LogP contribution in [0.5, 0.6) is 0 Å². The number of carbonyl (C=O) groups excluding carboxylic acids is 1. The van der Waals surface area contributed by atoms with Crippen LogP contribution in [0.4, 0.5) is 4.79 Å². The van der Waals surface area contributed by atoms with Gasteiger partial charge in [-0.05, 0) is 37.5 Å². The average Bonchev–Trinajstić information content (AvgIpc) is 2.22. The molecule has 1 heterocycles. The van der Waals surface area contributed by atoms with Gasteiger partial charge in [0.1, 0.15) is 0 Å². The third-order valence-corrected chi connectivity index (χ3v) is 3.82. The molecule has 0 bridgehead atoms. The summed E-state index contributed by atoms with van der Waals surface area (Å²) in [7, 11) is 0. The van der Waals surface area contributed by atoms with Gasteiger partial charge >= 0.3 is 6.03 Å². The van der Waals surface area contributed by atoms with Gasteiger partial charge in [0.25, 0.3) is 0 Å². The molecule has 1 saturated carbocycles. The lowest BCUT2D eigenvalue weighted by molar-refractivity contribution is 0.0252. The molecule has 0 unspecified atom stereocenters. The number of carbonyl (C=O) groups is 1. The summed E-state index contributed by atoms with van der Waals surface area (Å²) in [6.07, 6.45) is 5.60. The van der Waals surface area contributed by atoms with Crippen LogP contribution in [0, 0.1) is 5.41 Å². The topological polar surface area (TPSA) is 50.4 Å². The van der Waals surface area contributed by atoms with Crippen LogP contribution < -0.4 is 10.6 Å². The molecule has 4 nitrogen and oxygen atoms in total. The van der Waals surface area contributed by atoms with E-state index < -0.39 is 0 Å². The first-order valence-electron chi connectivity index (χ1n) is 6.30. The highest BCUT2D eigenvalue weighted by molar-refractivity contribution is 5.74. The first-order valence-corrected chi connectivity index (χ1v) is 6.30. The molecule has 92 valence electrons. The Labute approximate surface area is 97.1 Å². The third-order valence-electron chi connectivity index (χ3n) is 3.82. The maximum absolute atomic E-state index is 11.6. The summed E-state index contributed by atoms with van der Waals surface area (Å²) in [5.74, 6) is 0. The van der Waals surface area contributed by atoms with Gasteiger partial charge in [-0.25, -0.2) is 4.79 Å². The monoisotopic (exact) mass is 226 g/mol. The minimum Gasteiger partial charge on any atom is -0.381 e. The van der Waals surface area contributed by atoms with Crippen molar-refractivity contribution in [1.29, 1.82) is 0 Å². The highest BCUT2D eigenvalue weighted by Gasteiger charge is 2.28. The molecule has 1 aliphatic carbocycles. The number of ether oxygens (including phenoxy) is 1. The zero-order valence-corrected chi connectivity index (χ0v) is 10.1. The number of rotatable bonds is 3. The van der Waals surface area contributed by atoms with Crippen LogP contribution in [-0.2, 0) is 4.74 Å². The number of nitrogens with one attached hydrogen (secondary N) is 2. The fourth-order valence-corrected chi connectivity index (χ4v) is 2.12.